The number of halogens is 2. The lowest BCUT2D eigenvalue weighted by atomic mass is 10.2. The maximum atomic E-state index is 12.2. The highest BCUT2D eigenvalue weighted by molar-refractivity contribution is 9.10. The van der Waals surface area contributed by atoms with Crippen molar-refractivity contribution in [1.82, 2.24) is 4.90 Å². The second-order valence-electron chi connectivity index (χ2n) is 4.06. The van der Waals surface area contributed by atoms with Crippen LogP contribution in [0.1, 0.15) is 17.3 Å². The molecule has 1 atom stereocenters. The van der Waals surface area contributed by atoms with Crippen molar-refractivity contribution in [1.29, 1.82) is 0 Å². The highest BCUT2D eigenvalue weighted by Gasteiger charge is 2.22. The lowest BCUT2D eigenvalue weighted by Crippen LogP contribution is -2.44. The van der Waals surface area contributed by atoms with Crippen LogP contribution >= 0.6 is 27.5 Å². The zero-order chi connectivity index (χ0) is 12.4. The maximum Gasteiger partial charge on any atom is 0.254 e. The second-order valence-corrected chi connectivity index (χ2v) is 5.32. The molecule has 0 spiro atoms. The van der Waals surface area contributed by atoms with Crippen molar-refractivity contribution in [2.45, 2.75) is 13.0 Å². The van der Waals surface area contributed by atoms with Gasteiger partial charge in [-0.1, -0.05) is 11.6 Å². The second kappa shape index (κ2) is 5.38. The number of benzene rings is 1. The summed E-state index contributed by atoms with van der Waals surface area (Å²) in [5.41, 5.74) is 0.648. The minimum absolute atomic E-state index is 0.0255. The normalized spacial score (nSPS) is 20.4. The summed E-state index contributed by atoms with van der Waals surface area (Å²) < 4.78 is 6.15. The molecule has 0 aromatic heterocycles. The lowest BCUT2D eigenvalue weighted by molar-refractivity contribution is -0.0124. The van der Waals surface area contributed by atoms with Gasteiger partial charge in [-0.2, -0.15) is 0 Å². The quantitative estimate of drug-likeness (QED) is 0.797. The molecule has 1 fully saturated rings. The van der Waals surface area contributed by atoms with Gasteiger partial charge in [-0.25, -0.2) is 0 Å². The minimum atomic E-state index is 0.0255. The van der Waals surface area contributed by atoms with Crippen molar-refractivity contribution in [3.8, 4) is 0 Å². The van der Waals surface area contributed by atoms with Crippen LogP contribution in [0.15, 0.2) is 22.7 Å². The zero-order valence-electron chi connectivity index (χ0n) is 9.45. The van der Waals surface area contributed by atoms with Crippen molar-refractivity contribution in [3.05, 3.63) is 33.3 Å². The van der Waals surface area contributed by atoms with E-state index in [1.807, 2.05) is 11.8 Å². The summed E-state index contributed by atoms with van der Waals surface area (Å²) in [6.07, 6.45) is 0.100. The van der Waals surface area contributed by atoms with Crippen molar-refractivity contribution in [3.63, 3.8) is 0 Å². The van der Waals surface area contributed by atoms with Crippen molar-refractivity contribution in [2.24, 2.45) is 0 Å². The van der Waals surface area contributed by atoms with Crippen LogP contribution in [0.25, 0.3) is 0 Å². The van der Waals surface area contributed by atoms with Gasteiger partial charge < -0.3 is 9.64 Å². The zero-order valence-corrected chi connectivity index (χ0v) is 11.8. The first-order valence-corrected chi connectivity index (χ1v) is 6.61. The van der Waals surface area contributed by atoms with Gasteiger partial charge in [0.25, 0.3) is 5.91 Å². The number of ether oxygens (including phenoxy) is 1. The Hall–Kier alpha value is -0.580. The Labute approximate surface area is 114 Å². The van der Waals surface area contributed by atoms with Gasteiger partial charge in [0.1, 0.15) is 0 Å². The van der Waals surface area contributed by atoms with Crippen LogP contribution in [0.4, 0.5) is 0 Å². The predicted octanol–water partition coefficient (Wildman–Crippen LogP) is 2.96. The molecule has 5 heteroatoms. The fourth-order valence-corrected chi connectivity index (χ4v) is 2.31. The lowest BCUT2D eigenvalue weighted by Gasteiger charge is -2.31. The molecule has 1 aliphatic rings. The van der Waals surface area contributed by atoms with Crippen LogP contribution < -0.4 is 0 Å². The van der Waals surface area contributed by atoms with Crippen molar-refractivity contribution >= 4 is 33.4 Å². The molecule has 1 aliphatic heterocycles. The fourth-order valence-electron chi connectivity index (χ4n) is 1.81. The first-order chi connectivity index (χ1) is 8.08. The van der Waals surface area contributed by atoms with Gasteiger partial charge in [-0.3, -0.25) is 4.79 Å². The Morgan fingerprint density at radius 3 is 3.00 bits per heavy atom. The van der Waals surface area contributed by atoms with Gasteiger partial charge in [0.2, 0.25) is 0 Å². The van der Waals surface area contributed by atoms with Gasteiger partial charge in [-0.05, 0) is 41.1 Å². The Morgan fingerprint density at radius 2 is 2.35 bits per heavy atom. The molecule has 2 rings (SSSR count). The SMILES string of the molecule is CC1CN(C(=O)c2ccc(Cl)c(Br)c2)CCO1. The van der Waals surface area contributed by atoms with Crippen molar-refractivity contribution in [2.75, 3.05) is 19.7 Å². The third-order valence-corrected chi connectivity index (χ3v) is 3.91. The molecule has 1 unspecified atom stereocenters. The number of carbonyl (C=O) groups excluding carboxylic acids is 1. The molecule has 1 amide bonds. The van der Waals surface area contributed by atoms with Crippen LogP contribution in [-0.2, 0) is 4.74 Å². The minimum Gasteiger partial charge on any atom is -0.375 e. The summed E-state index contributed by atoms with van der Waals surface area (Å²) in [7, 11) is 0. The number of carbonyl (C=O) groups is 1. The number of nitrogens with zero attached hydrogens (tertiary/aromatic N) is 1. The molecule has 3 nitrogen and oxygen atoms in total. The predicted molar refractivity (Wildman–Crippen MR) is 70.5 cm³/mol. The molecule has 1 saturated heterocycles. The van der Waals surface area contributed by atoms with E-state index in [1.54, 1.807) is 18.2 Å². The summed E-state index contributed by atoms with van der Waals surface area (Å²) >= 11 is 9.23. The highest BCUT2D eigenvalue weighted by Crippen LogP contribution is 2.24. The van der Waals surface area contributed by atoms with E-state index in [0.29, 0.717) is 30.3 Å². The number of hydrogen-bond donors (Lipinski definition) is 0. The average molecular weight is 319 g/mol. The molecule has 0 saturated carbocycles. The molecule has 0 radical (unpaired) electrons. The Bertz CT molecular complexity index is 439. The van der Waals surface area contributed by atoms with E-state index in [9.17, 15) is 4.79 Å². The van der Waals surface area contributed by atoms with Crippen LogP contribution in [0.3, 0.4) is 0 Å². The Morgan fingerprint density at radius 1 is 1.59 bits per heavy atom. The van der Waals surface area contributed by atoms with E-state index in [2.05, 4.69) is 15.9 Å². The summed E-state index contributed by atoms with van der Waals surface area (Å²) in [6.45, 7) is 3.85. The number of rotatable bonds is 1. The number of hydrogen-bond acceptors (Lipinski definition) is 2. The van der Waals surface area contributed by atoms with Gasteiger partial charge >= 0.3 is 0 Å². The van der Waals surface area contributed by atoms with E-state index in [-0.39, 0.29) is 12.0 Å². The smallest absolute Gasteiger partial charge is 0.254 e. The summed E-state index contributed by atoms with van der Waals surface area (Å²) in [4.78, 5) is 14.0. The van der Waals surface area contributed by atoms with Gasteiger partial charge in [-0.15, -0.1) is 0 Å². The van der Waals surface area contributed by atoms with Gasteiger partial charge in [0, 0.05) is 23.1 Å². The molecule has 1 aromatic carbocycles. The van der Waals surface area contributed by atoms with Crippen LogP contribution in [0, 0.1) is 0 Å². The Balaban J connectivity index is 2.15. The molecule has 0 N–H and O–H groups in total. The number of amides is 1. The monoisotopic (exact) mass is 317 g/mol. The maximum absolute atomic E-state index is 12.2. The van der Waals surface area contributed by atoms with Crippen LogP contribution in [0.5, 0.6) is 0 Å². The standard InChI is InChI=1S/C12H13BrClNO2/c1-8-7-15(4-5-17-8)12(16)9-2-3-11(14)10(13)6-9/h2-3,6,8H,4-5,7H2,1H3. The third-order valence-electron chi connectivity index (χ3n) is 2.69. The highest BCUT2D eigenvalue weighted by atomic mass is 79.9. The van der Waals surface area contributed by atoms with E-state index in [0.717, 1.165) is 4.47 Å². The third kappa shape index (κ3) is 3.00. The molecule has 0 aliphatic carbocycles. The molecule has 92 valence electrons. The molecule has 0 bridgehead atoms. The topological polar surface area (TPSA) is 29.5 Å². The molecule has 1 aromatic rings. The molecular weight excluding hydrogens is 305 g/mol. The first kappa shape index (κ1) is 12.9. The van der Waals surface area contributed by atoms with E-state index in [1.165, 1.54) is 0 Å². The molecular formula is C12H13BrClNO2. The Kier molecular flexibility index (Phi) is 4.07. The van der Waals surface area contributed by atoms with Crippen LogP contribution in [0.2, 0.25) is 5.02 Å². The molecule has 1 heterocycles. The van der Waals surface area contributed by atoms with Crippen molar-refractivity contribution < 1.29 is 9.53 Å². The average Bonchev–Trinajstić information content (AvgIpc) is 2.32. The largest absolute Gasteiger partial charge is 0.375 e. The summed E-state index contributed by atoms with van der Waals surface area (Å²) in [6, 6.07) is 5.23. The number of morpholine rings is 1. The van der Waals surface area contributed by atoms with Crippen LogP contribution in [-0.4, -0.2) is 36.6 Å². The van der Waals surface area contributed by atoms with E-state index >= 15 is 0 Å². The summed E-state index contributed by atoms with van der Waals surface area (Å²) in [5, 5.41) is 0.608. The summed E-state index contributed by atoms with van der Waals surface area (Å²) in [5.74, 6) is 0.0255. The van der Waals surface area contributed by atoms with E-state index < -0.39 is 0 Å². The van der Waals surface area contributed by atoms with Gasteiger partial charge in [0.15, 0.2) is 0 Å². The van der Waals surface area contributed by atoms with E-state index in [4.69, 9.17) is 16.3 Å². The van der Waals surface area contributed by atoms with Gasteiger partial charge in [0.05, 0.1) is 17.7 Å². The molecule has 17 heavy (non-hydrogen) atoms. The fraction of sp³-hybridized carbons (Fsp3) is 0.417. The first-order valence-electron chi connectivity index (χ1n) is 5.44.